The summed E-state index contributed by atoms with van der Waals surface area (Å²) in [6, 6.07) is 7.04. The van der Waals surface area contributed by atoms with Crippen LogP contribution in [0, 0.1) is 6.92 Å². The monoisotopic (exact) mass is 392 g/mol. The number of halogens is 2. The van der Waals surface area contributed by atoms with Gasteiger partial charge in [0.1, 0.15) is 22.0 Å². The zero-order valence-electron chi connectivity index (χ0n) is 13.7. The third-order valence-electron chi connectivity index (χ3n) is 3.68. The molecule has 1 amide bonds. The first-order valence-corrected chi connectivity index (χ1v) is 8.57. The van der Waals surface area contributed by atoms with Gasteiger partial charge in [0.05, 0.1) is 15.4 Å². The minimum Gasteiger partial charge on any atom is -0.313 e. The lowest BCUT2D eigenvalue weighted by Gasteiger charge is -2.14. The van der Waals surface area contributed by atoms with Gasteiger partial charge in [-0.15, -0.1) is 12.6 Å². The quantitative estimate of drug-likeness (QED) is 0.503. The van der Waals surface area contributed by atoms with E-state index in [1.54, 1.807) is 36.7 Å². The molecule has 0 aliphatic rings. The van der Waals surface area contributed by atoms with E-state index in [1.165, 1.54) is 6.92 Å². The summed E-state index contributed by atoms with van der Waals surface area (Å²) in [6.45, 7) is 3.16. The molecular weight excluding hydrogens is 379 g/mol. The highest BCUT2D eigenvalue weighted by atomic mass is 35.5. The van der Waals surface area contributed by atoms with Gasteiger partial charge in [0.15, 0.2) is 0 Å². The van der Waals surface area contributed by atoms with Crippen LogP contribution in [-0.2, 0) is 11.8 Å². The van der Waals surface area contributed by atoms with Crippen LogP contribution in [0.3, 0.4) is 0 Å². The Bertz CT molecular complexity index is 1070. The molecule has 0 aliphatic carbocycles. The van der Waals surface area contributed by atoms with Crippen molar-refractivity contribution < 1.29 is 4.79 Å². The molecule has 0 saturated carbocycles. The Balaban J connectivity index is 2.57. The van der Waals surface area contributed by atoms with Crippen LogP contribution in [0.25, 0.3) is 22.2 Å². The number of amides is 1. The zero-order valence-corrected chi connectivity index (χ0v) is 16.1. The number of fused-ring (bicyclic) bond motifs is 1. The lowest BCUT2D eigenvalue weighted by molar-refractivity contribution is -0.116. The van der Waals surface area contributed by atoms with Crippen LogP contribution in [0.2, 0.25) is 10.0 Å². The van der Waals surface area contributed by atoms with Gasteiger partial charge in [0.2, 0.25) is 5.91 Å². The Kier molecular flexibility index (Phi) is 4.86. The van der Waals surface area contributed by atoms with Crippen molar-refractivity contribution in [1.29, 1.82) is 0 Å². The Labute approximate surface area is 159 Å². The van der Waals surface area contributed by atoms with Crippen LogP contribution in [0.4, 0.5) is 0 Å². The number of hydrogen-bond acceptors (Lipinski definition) is 4. The van der Waals surface area contributed by atoms with E-state index in [0.717, 1.165) is 0 Å². The van der Waals surface area contributed by atoms with Gasteiger partial charge >= 0.3 is 0 Å². The van der Waals surface area contributed by atoms with Crippen LogP contribution in [0.5, 0.6) is 0 Å². The number of pyridine rings is 1. The molecule has 3 rings (SSSR count). The Morgan fingerprint density at radius 1 is 1.24 bits per heavy atom. The summed E-state index contributed by atoms with van der Waals surface area (Å²) in [7, 11) is 1.78. The second kappa shape index (κ2) is 6.78. The van der Waals surface area contributed by atoms with Crippen molar-refractivity contribution in [3.8, 4) is 11.1 Å². The summed E-state index contributed by atoms with van der Waals surface area (Å²) < 4.78 is 1.72. The maximum absolute atomic E-state index is 11.7. The normalized spacial score (nSPS) is 12.0. The topological polar surface area (TPSA) is 60.1 Å². The molecule has 0 aliphatic heterocycles. The van der Waals surface area contributed by atoms with Gasteiger partial charge in [-0.05, 0) is 25.1 Å². The largest absolute Gasteiger partial charge is 0.313 e. The van der Waals surface area contributed by atoms with Gasteiger partial charge in [-0.25, -0.2) is 9.97 Å². The maximum Gasteiger partial charge on any atom is 0.244 e. The van der Waals surface area contributed by atoms with Crippen LogP contribution in [-0.4, -0.2) is 20.4 Å². The number of thiol groups is 1. The molecule has 0 bridgehead atoms. The first-order chi connectivity index (χ1) is 11.8. The summed E-state index contributed by atoms with van der Waals surface area (Å²) >= 11 is 17.2. The van der Waals surface area contributed by atoms with Crippen molar-refractivity contribution in [2.45, 2.75) is 18.9 Å². The third-order valence-corrected chi connectivity index (χ3v) is 4.65. The van der Waals surface area contributed by atoms with E-state index in [4.69, 9.17) is 23.2 Å². The van der Waals surface area contributed by atoms with Crippen LogP contribution < -0.4 is 5.49 Å². The van der Waals surface area contributed by atoms with E-state index < -0.39 is 0 Å². The van der Waals surface area contributed by atoms with E-state index in [2.05, 4.69) is 27.6 Å². The molecule has 2 heterocycles. The van der Waals surface area contributed by atoms with E-state index in [-0.39, 0.29) is 5.91 Å². The number of carbonyl (C=O) groups is 1. The number of benzene rings is 1. The van der Waals surface area contributed by atoms with Gasteiger partial charge in [0.25, 0.3) is 0 Å². The molecule has 25 heavy (non-hydrogen) atoms. The van der Waals surface area contributed by atoms with Gasteiger partial charge in [-0.2, -0.15) is 4.99 Å². The molecule has 0 spiro atoms. The number of aromatic nitrogens is 3. The molecular formula is C17H14Cl2N4OS. The average Bonchev–Trinajstić information content (AvgIpc) is 2.51. The summed E-state index contributed by atoms with van der Waals surface area (Å²) in [5.41, 5.74) is 2.24. The van der Waals surface area contributed by atoms with Gasteiger partial charge < -0.3 is 4.57 Å². The molecule has 128 valence electrons. The van der Waals surface area contributed by atoms with Crippen molar-refractivity contribution in [2.75, 3.05) is 0 Å². The molecule has 3 aromatic rings. The highest BCUT2D eigenvalue weighted by Crippen LogP contribution is 2.34. The lowest BCUT2D eigenvalue weighted by atomic mass is 10.1. The summed E-state index contributed by atoms with van der Waals surface area (Å²) in [4.78, 5) is 24.6. The fourth-order valence-corrected chi connectivity index (χ4v) is 3.56. The van der Waals surface area contributed by atoms with Crippen molar-refractivity contribution in [1.82, 2.24) is 14.5 Å². The summed E-state index contributed by atoms with van der Waals surface area (Å²) in [5, 5.41) is 2.16. The molecule has 0 unspecified atom stereocenters. The molecule has 0 saturated heterocycles. The molecule has 2 aromatic heterocycles. The number of hydrogen-bond donors (Lipinski definition) is 1. The fourth-order valence-electron chi connectivity index (χ4n) is 2.65. The first-order valence-electron chi connectivity index (χ1n) is 7.36. The third kappa shape index (κ3) is 3.29. The second-order valence-electron chi connectivity index (χ2n) is 5.50. The highest BCUT2D eigenvalue weighted by Gasteiger charge is 2.16. The van der Waals surface area contributed by atoms with Crippen molar-refractivity contribution in [3.05, 3.63) is 45.6 Å². The van der Waals surface area contributed by atoms with Crippen LogP contribution in [0.15, 0.2) is 34.3 Å². The molecule has 0 atom stereocenters. The lowest BCUT2D eigenvalue weighted by Crippen LogP contribution is -2.23. The second-order valence-corrected chi connectivity index (χ2v) is 6.74. The molecule has 5 nitrogen and oxygen atoms in total. The molecule has 1 aromatic carbocycles. The minimum absolute atomic E-state index is 0.337. The number of rotatable bonds is 1. The molecule has 0 N–H and O–H groups in total. The SMILES string of the molecule is CC(=O)N=c1c(-c2c(Cl)cccc2Cl)cc2c(S)nc(C)nc2n1C. The van der Waals surface area contributed by atoms with E-state index >= 15 is 0 Å². The minimum atomic E-state index is -0.337. The predicted molar refractivity (Wildman–Crippen MR) is 102 cm³/mol. The number of carbonyl (C=O) groups excluding carboxylic acids is 1. The van der Waals surface area contributed by atoms with Crippen molar-refractivity contribution in [2.24, 2.45) is 12.0 Å². The highest BCUT2D eigenvalue weighted by molar-refractivity contribution is 7.80. The molecule has 0 fully saturated rings. The zero-order chi connectivity index (χ0) is 18.3. The Morgan fingerprint density at radius 2 is 1.88 bits per heavy atom. The fraction of sp³-hybridized carbons (Fsp3) is 0.176. The van der Waals surface area contributed by atoms with E-state index in [1.807, 2.05) is 6.07 Å². The molecule has 8 heteroatoms. The van der Waals surface area contributed by atoms with Gasteiger partial charge in [0, 0.05) is 25.1 Å². The van der Waals surface area contributed by atoms with E-state index in [0.29, 0.717) is 48.5 Å². The summed E-state index contributed by atoms with van der Waals surface area (Å²) in [5.74, 6) is 0.238. The van der Waals surface area contributed by atoms with E-state index in [9.17, 15) is 4.79 Å². The van der Waals surface area contributed by atoms with Crippen molar-refractivity contribution >= 4 is 52.8 Å². The van der Waals surface area contributed by atoms with Gasteiger partial charge in [-0.1, -0.05) is 29.3 Å². The van der Waals surface area contributed by atoms with Gasteiger partial charge in [-0.3, -0.25) is 4.79 Å². The predicted octanol–water partition coefficient (Wildman–Crippen LogP) is 3.99. The Hall–Kier alpha value is -1.89. The number of aryl methyl sites for hydroxylation is 2. The average molecular weight is 393 g/mol. The summed E-state index contributed by atoms with van der Waals surface area (Å²) in [6.07, 6.45) is 0. The smallest absolute Gasteiger partial charge is 0.244 e. The van der Waals surface area contributed by atoms with Crippen LogP contribution >= 0.6 is 35.8 Å². The first kappa shape index (κ1) is 17.9. The van der Waals surface area contributed by atoms with Crippen LogP contribution in [0.1, 0.15) is 12.7 Å². The number of nitrogens with zero attached hydrogens (tertiary/aromatic N) is 4. The standard InChI is InChI=1S/C17H14Cl2N4OS/c1-8-20-16-11(17(25)21-8)7-10(15(23(16)3)22-9(2)24)14-12(18)5-4-6-13(14)19/h4-7H,1-3H3,(H,20,21,25). The van der Waals surface area contributed by atoms with Crippen molar-refractivity contribution in [3.63, 3.8) is 0 Å². The molecule has 0 radical (unpaired) electrons. The maximum atomic E-state index is 11.7. The Morgan fingerprint density at radius 3 is 2.48 bits per heavy atom.